The third-order valence-corrected chi connectivity index (χ3v) is 1.67. The van der Waals surface area contributed by atoms with Gasteiger partial charge in [0.2, 0.25) is 0 Å². The fourth-order valence-electron chi connectivity index (χ4n) is 1.02. The molecule has 0 aliphatic rings. The van der Waals surface area contributed by atoms with Crippen LogP contribution in [0.1, 0.15) is 10.4 Å². The van der Waals surface area contributed by atoms with E-state index in [9.17, 15) is 4.79 Å². The van der Waals surface area contributed by atoms with Crippen molar-refractivity contribution in [3.63, 3.8) is 0 Å². The molecule has 0 aliphatic carbocycles. The summed E-state index contributed by atoms with van der Waals surface area (Å²) < 4.78 is 0. The second-order valence-electron chi connectivity index (χ2n) is 2.83. The van der Waals surface area contributed by atoms with Crippen LogP contribution in [0.4, 0.5) is 11.4 Å². The van der Waals surface area contributed by atoms with E-state index in [1.54, 1.807) is 18.2 Å². The summed E-state index contributed by atoms with van der Waals surface area (Å²) >= 11 is 0. The van der Waals surface area contributed by atoms with Gasteiger partial charge in [-0.3, -0.25) is 4.79 Å². The van der Waals surface area contributed by atoms with Gasteiger partial charge in [0.1, 0.15) is 6.29 Å². The lowest BCUT2D eigenvalue weighted by Gasteiger charge is -2.15. The Morgan fingerprint density at radius 2 is 2.08 bits per heavy atom. The number of hydrogen-bond acceptors (Lipinski definition) is 3. The molecular weight excluding hydrogens is 152 g/mol. The summed E-state index contributed by atoms with van der Waals surface area (Å²) in [5, 5.41) is 0. The van der Waals surface area contributed by atoms with Crippen molar-refractivity contribution >= 4 is 17.7 Å². The van der Waals surface area contributed by atoms with Crippen LogP contribution in [-0.2, 0) is 0 Å². The summed E-state index contributed by atoms with van der Waals surface area (Å²) in [6.45, 7) is 0. The van der Waals surface area contributed by atoms with E-state index in [-0.39, 0.29) is 0 Å². The van der Waals surface area contributed by atoms with Gasteiger partial charge in [-0.1, -0.05) is 0 Å². The van der Waals surface area contributed by atoms with Crippen molar-refractivity contribution in [3.8, 4) is 0 Å². The lowest BCUT2D eigenvalue weighted by Crippen LogP contribution is -2.11. The molecule has 0 spiro atoms. The fourth-order valence-corrected chi connectivity index (χ4v) is 1.02. The third kappa shape index (κ3) is 1.56. The summed E-state index contributed by atoms with van der Waals surface area (Å²) in [5.41, 5.74) is 7.89. The average molecular weight is 164 g/mol. The van der Waals surface area contributed by atoms with Crippen LogP contribution in [0.2, 0.25) is 0 Å². The minimum atomic E-state index is 0.646. The number of aldehydes is 1. The Kier molecular flexibility index (Phi) is 2.33. The van der Waals surface area contributed by atoms with Gasteiger partial charge >= 0.3 is 0 Å². The first-order valence-electron chi connectivity index (χ1n) is 3.67. The summed E-state index contributed by atoms with van der Waals surface area (Å²) in [5.74, 6) is 0. The monoisotopic (exact) mass is 164 g/mol. The minimum absolute atomic E-state index is 0.646. The molecule has 0 atom stereocenters. The smallest absolute Gasteiger partial charge is 0.150 e. The lowest BCUT2D eigenvalue weighted by molar-refractivity contribution is 0.112. The van der Waals surface area contributed by atoms with Crippen LogP contribution in [0.25, 0.3) is 0 Å². The van der Waals surface area contributed by atoms with E-state index in [4.69, 9.17) is 5.73 Å². The fraction of sp³-hybridized carbons (Fsp3) is 0.222. The average Bonchev–Trinajstić information content (AvgIpc) is 2.05. The number of benzene rings is 1. The predicted molar refractivity (Wildman–Crippen MR) is 50.6 cm³/mol. The molecule has 0 aliphatic heterocycles. The quantitative estimate of drug-likeness (QED) is 0.526. The molecule has 3 nitrogen and oxygen atoms in total. The first kappa shape index (κ1) is 8.59. The van der Waals surface area contributed by atoms with E-state index in [2.05, 4.69) is 0 Å². The van der Waals surface area contributed by atoms with Gasteiger partial charge in [-0.25, -0.2) is 0 Å². The number of anilines is 2. The number of nitrogen functional groups attached to an aromatic ring is 1. The molecule has 1 aromatic carbocycles. The van der Waals surface area contributed by atoms with Crippen molar-refractivity contribution in [1.29, 1.82) is 0 Å². The number of hydrogen-bond donors (Lipinski definition) is 1. The van der Waals surface area contributed by atoms with Crippen molar-refractivity contribution in [1.82, 2.24) is 0 Å². The summed E-state index contributed by atoms with van der Waals surface area (Å²) in [6, 6.07) is 5.21. The minimum Gasteiger partial charge on any atom is -0.397 e. The van der Waals surface area contributed by atoms with E-state index < -0.39 is 0 Å². The summed E-state index contributed by atoms with van der Waals surface area (Å²) in [7, 11) is 3.78. The van der Waals surface area contributed by atoms with Gasteiger partial charge < -0.3 is 10.6 Å². The molecule has 0 saturated carbocycles. The highest BCUT2D eigenvalue weighted by atomic mass is 16.1. The highest BCUT2D eigenvalue weighted by molar-refractivity contribution is 5.81. The highest BCUT2D eigenvalue weighted by Crippen LogP contribution is 2.21. The molecule has 1 rings (SSSR count). The number of nitrogens with zero attached hydrogens (tertiary/aromatic N) is 1. The zero-order valence-electron chi connectivity index (χ0n) is 7.24. The molecular formula is C9H12N2O. The van der Waals surface area contributed by atoms with Crippen molar-refractivity contribution in [3.05, 3.63) is 23.8 Å². The maximum Gasteiger partial charge on any atom is 0.150 e. The summed E-state index contributed by atoms with van der Waals surface area (Å²) in [6.07, 6.45) is 0.812. The molecule has 2 N–H and O–H groups in total. The predicted octanol–water partition coefficient (Wildman–Crippen LogP) is 1.15. The largest absolute Gasteiger partial charge is 0.397 e. The van der Waals surface area contributed by atoms with Crippen LogP contribution in [0.5, 0.6) is 0 Å². The first-order valence-corrected chi connectivity index (χ1v) is 3.67. The Balaban J connectivity index is 3.16. The third-order valence-electron chi connectivity index (χ3n) is 1.67. The van der Waals surface area contributed by atoms with Crippen LogP contribution in [0.3, 0.4) is 0 Å². The standard InChI is InChI=1S/C9H12N2O/c1-11(2)9-5-7(6-12)3-4-8(9)10/h3-6H,10H2,1-2H3. The van der Waals surface area contributed by atoms with Crippen LogP contribution in [-0.4, -0.2) is 20.4 Å². The molecule has 12 heavy (non-hydrogen) atoms. The molecule has 64 valence electrons. The van der Waals surface area contributed by atoms with Crippen molar-refractivity contribution in [2.45, 2.75) is 0 Å². The van der Waals surface area contributed by atoms with Crippen LogP contribution < -0.4 is 10.6 Å². The molecule has 1 aromatic rings. The Morgan fingerprint density at radius 3 is 2.58 bits per heavy atom. The Bertz CT molecular complexity index is 295. The molecule has 0 aromatic heterocycles. The van der Waals surface area contributed by atoms with Gasteiger partial charge in [0, 0.05) is 19.7 Å². The maximum atomic E-state index is 10.4. The van der Waals surface area contributed by atoms with E-state index >= 15 is 0 Å². The number of rotatable bonds is 2. The Labute approximate surface area is 71.8 Å². The topological polar surface area (TPSA) is 46.3 Å². The van der Waals surface area contributed by atoms with Crippen LogP contribution >= 0.6 is 0 Å². The van der Waals surface area contributed by atoms with E-state index in [0.717, 1.165) is 12.0 Å². The normalized spacial score (nSPS) is 9.50. The van der Waals surface area contributed by atoms with Crippen LogP contribution in [0, 0.1) is 0 Å². The highest BCUT2D eigenvalue weighted by Gasteiger charge is 2.01. The molecule has 0 heterocycles. The lowest BCUT2D eigenvalue weighted by atomic mass is 10.2. The molecule has 0 amide bonds. The van der Waals surface area contributed by atoms with Gasteiger partial charge in [0.15, 0.2) is 0 Å². The zero-order chi connectivity index (χ0) is 9.14. The molecule has 0 radical (unpaired) electrons. The van der Waals surface area contributed by atoms with Gasteiger partial charge in [-0.15, -0.1) is 0 Å². The van der Waals surface area contributed by atoms with E-state index in [0.29, 0.717) is 11.3 Å². The van der Waals surface area contributed by atoms with Crippen molar-refractivity contribution in [2.24, 2.45) is 0 Å². The van der Waals surface area contributed by atoms with Gasteiger partial charge in [-0.2, -0.15) is 0 Å². The molecule has 0 bridgehead atoms. The van der Waals surface area contributed by atoms with Gasteiger partial charge in [0.05, 0.1) is 11.4 Å². The number of carbonyl (C=O) groups excluding carboxylic acids is 1. The second kappa shape index (κ2) is 3.26. The van der Waals surface area contributed by atoms with Gasteiger partial charge in [-0.05, 0) is 18.2 Å². The SMILES string of the molecule is CN(C)c1cc(C=O)ccc1N. The maximum absolute atomic E-state index is 10.4. The Hall–Kier alpha value is -1.51. The number of nitrogens with two attached hydrogens (primary N) is 1. The summed E-state index contributed by atoms with van der Waals surface area (Å²) in [4.78, 5) is 12.3. The zero-order valence-corrected chi connectivity index (χ0v) is 7.24. The first-order chi connectivity index (χ1) is 5.65. The second-order valence-corrected chi connectivity index (χ2v) is 2.83. The Morgan fingerprint density at radius 1 is 1.42 bits per heavy atom. The molecule has 0 fully saturated rings. The number of carbonyl (C=O) groups is 1. The van der Waals surface area contributed by atoms with E-state index in [1.165, 1.54) is 0 Å². The molecule has 0 saturated heterocycles. The van der Waals surface area contributed by atoms with Gasteiger partial charge in [0.25, 0.3) is 0 Å². The van der Waals surface area contributed by atoms with E-state index in [1.807, 2.05) is 19.0 Å². The molecule has 0 unspecified atom stereocenters. The van der Waals surface area contributed by atoms with Crippen molar-refractivity contribution in [2.75, 3.05) is 24.7 Å². The van der Waals surface area contributed by atoms with Crippen LogP contribution in [0.15, 0.2) is 18.2 Å². The van der Waals surface area contributed by atoms with Crippen molar-refractivity contribution < 1.29 is 4.79 Å². The molecule has 3 heteroatoms.